The van der Waals surface area contributed by atoms with E-state index >= 15 is 0 Å². The molecule has 0 saturated heterocycles. The van der Waals surface area contributed by atoms with Gasteiger partial charge in [0.15, 0.2) is 5.75 Å². The Labute approximate surface area is 223 Å². The molecule has 0 spiro atoms. The van der Waals surface area contributed by atoms with E-state index in [2.05, 4.69) is 20.3 Å². The Bertz CT molecular complexity index is 1730. The van der Waals surface area contributed by atoms with Crippen LogP contribution in [0.4, 0.5) is 10.1 Å². The van der Waals surface area contributed by atoms with Crippen molar-refractivity contribution in [2.24, 2.45) is 0 Å². The van der Waals surface area contributed by atoms with E-state index in [1.54, 1.807) is 55.6 Å². The van der Waals surface area contributed by atoms with Gasteiger partial charge in [-0.3, -0.25) is 14.6 Å². The van der Waals surface area contributed by atoms with Crippen LogP contribution in [0.3, 0.4) is 0 Å². The van der Waals surface area contributed by atoms with Crippen LogP contribution in [0.15, 0.2) is 77.7 Å². The van der Waals surface area contributed by atoms with Gasteiger partial charge in [-0.2, -0.15) is 0 Å². The minimum absolute atomic E-state index is 0.0195. The van der Waals surface area contributed by atoms with E-state index in [9.17, 15) is 14.0 Å². The largest absolute Gasteiger partial charge is 0.481 e. The number of fused-ring (bicyclic) bond motifs is 1. The average molecular weight is 525 g/mol. The number of nitrogens with zero attached hydrogens (tertiary/aromatic N) is 2. The van der Waals surface area contributed by atoms with Gasteiger partial charge in [-0.05, 0) is 61.4 Å². The summed E-state index contributed by atoms with van der Waals surface area (Å²) in [4.78, 5) is 38.7. The molecule has 39 heavy (non-hydrogen) atoms. The van der Waals surface area contributed by atoms with E-state index in [1.165, 1.54) is 31.4 Å². The molecule has 0 fully saturated rings. The zero-order valence-electron chi connectivity index (χ0n) is 21.5. The van der Waals surface area contributed by atoms with Crippen LogP contribution in [-0.4, -0.2) is 28.0 Å². The molecule has 196 valence electrons. The summed E-state index contributed by atoms with van der Waals surface area (Å²) in [5.74, 6) is 0.519. The summed E-state index contributed by atoms with van der Waals surface area (Å²) in [5, 5.41) is 2.80. The molecule has 0 radical (unpaired) electrons. The van der Waals surface area contributed by atoms with Crippen molar-refractivity contribution in [1.29, 1.82) is 0 Å². The number of amides is 1. The van der Waals surface area contributed by atoms with Gasteiger partial charge in [0.25, 0.3) is 5.91 Å². The van der Waals surface area contributed by atoms with Crippen LogP contribution in [0.2, 0.25) is 0 Å². The average Bonchev–Trinajstić information content (AvgIpc) is 2.94. The minimum atomic E-state index is -0.540. The minimum Gasteiger partial charge on any atom is -0.481 e. The van der Waals surface area contributed by atoms with Gasteiger partial charge in [0.05, 0.1) is 12.6 Å². The highest BCUT2D eigenvalue weighted by Gasteiger charge is 2.21. The Balaban J connectivity index is 1.40. The molecule has 0 unspecified atom stereocenters. The zero-order chi connectivity index (χ0) is 27.5. The van der Waals surface area contributed by atoms with E-state index in [4.69, 9.17) is 9.47 Å². The summed E-state index contributed by atoms with van der Waals surface area (Å²) in [6, 6.07) is 17.6. The molecule has 9 heteroatoms. The normalized spacial score (nSPS) is 10.9. The number of aromatic nitrogens is 3. The van der Waals surface area contributed by atoms with E-state index in [-0.39, 0.29) is 5.56 Å². The third-order valence-corrected chi connectivity index (χ3v) is 6.25. The van der Waals surface area contributed by atoms with E-state index in [1.807, 2.05) is 6.92 Å². The van der Waals surface area contributed by atoms with Crippen molar-refractivity contribution < 1.29 is 18.7 Å². The number of rotatable bonds is 7. The Morgan fingerprint density at radius 3 is 2.46 bits per heavy atom. The molecule has 2 aromatic carbocycles. The SMILES string of the molecule is CCc1[nH]c(C)c(-c2ccc(F)cc2)c(=O)c1C(=O)Nc1ccc(Oc2ccnc3ccc(OC)nc23)cc1. The maximum absolute atomic E-state index is 13.5. The van der Waals surface area contributed by atoms with E-state index in [0.717, 1.165) is 0 Å². The molecule has 0 atom stereocenters. The smallest absolute Gasteiger partial charge is 0.261 e. The number of carbonyl (C=O) groups is 1. The molecule has 5 rings (SSSR count). The van der Waals surface area contributed by atoms with Crippen molar-refractivity contribution in [3.8, 4) is 28.5 Å². The number of aromatic amines is 1. The summed E-state index contributed by atoms with van der Waals surface area (Å²) in [7, 11) is 1.54. The first kappa shape index (κ1) is 25.6. The number of H-pyrrole nitrogens is 1. The van der Waals surface area contributed by atoms with Crippen LogP contribution in [0.25, 0.3) is 22.2 Å². The summed E-state index contributed by atoms with van der Waals surface area (Å²) in [6.07, 6.45) is 2.08. The van der Waals surface area contributed by atoms with Crippen LogP contribution in [0.5, 0.6) is 17.4 Å². The Morgan fingerprint density at radius 1 is 1.03 bits per heavy atom. The number of hydrogen-bond acceptors (Lipinski definition) is 6. The monoisotopic (exact) mass is 524 g/mol. The van der Waals surface area contributed by atoms with Gasteiger partial charge in [-0.1, -0.05) is 19.1 Å². The standard InChI is InChI=1S/C30H25FN4O4/c1-4-22-27(29(36)26(17(2)33-22)18-5-7-19(31)8-6-18)30(37)34-20-9-11-21(12-10-20)39-24-15-16-32-23-13-14-25(38-3)35-28(23)24/h5-16H,4H2,1-3H3,(H,33,36)(H,34,37). The highest BCUT2D eigenvalue weighted by atomic mass is 19.1. The van der Waals surface area contributed by atoms with Crippen LogP contribution in [0.1, 0.15) is 28.7 Å². The quantitative estimate of drug-likeness (QED) is 0.269. The van der Waals surface area contributed by atoms with Gasteiger partial charge in [0, 0.05) is 41.0 Å². The number of methoxy groups -OCH3 is 1. The van der Waals surface area contributed by atoms with Gasteiger partial charge >= 0.3 is 0 Å². The summed E-state index contributed by atoms with van der Waals surface area (Å²) >= 11 is 0. The molecule has 0 aliphatic carbocycles. The summed E-state index contributed by atoms with van der Waals surface area (Å²) in [6.45, 7) is 3.62. The molecule has 3 aromatic heterocycles. The number of nitrogens with one attached hydrogen (secondary N) is 2. The predicted octanol–water partition coefficient (Wildman–Crippen LogP) is 6.05. The first-order valence-corrected chi connectivity index (χ1v) is 12.3. The van der Waals surface area contributed by atoms with Crippen molar-refractivity contribution >= 4 is 22.6 Å². The highest BCUT2D eigenvalue weighted by molar-refractivity contribution is 6.05. The molecule has 0 aliphatic heterocycles. The molecular weight excluding hydrogens is 499 g/mol. The molecule has 2 N–H and O–H groups in total. The van der Waals surface area contributed by atoms with Gasteiger partial charge < -0.3 is 19.8 Å². The van der Waals surface area contributed by atoms with Crippen LogP contribution < -0.4 is 20.2 Å². The fraction of sp³-hybridized carbons (Fsp3) is 0.133. The maximum Gasteiger partial charge on any atom is 0.261 e. The highest BCUT2D eigenvalue weighted by Crippen LogP contribution is 2.30. The lowest BCUT2D eigenvalue weighted by Crippen LogP contribution is -2.26. The third-order valence-electron chi connectivity index (χ3n) is 6.25. The molecule has 3 heterocycles. The maximum atomic E-state index is 13.5. The molecule has 5 aromatic rings. The van der Waals surface area contributed by atoms with Gasteiger partial charge in [0.2, 0.25) is 11.3 Å². The Morgan fingerprint density at radius 2 is 1.77 bits per heavy atom. The van der Waals surface area contributed by atoms with Crippen LogP contribution >= 0.6 is 0 Å². The molecule has 0 bridgehead atoms. The number of benzene rings is 2. The van der Waals surface area contributed by atoms with Crippen molar-refractivity contribution in [3.05, 3.63) is 106 Å². The number of hydrogen-bond donors (Lipinski definition) is 2. The first-order valence-electron chi connectivity index (χ1n) is 12.3. The fourth-order valence-electron chi connectivity index (χ4n) is 4.36. The number of halogens is 1. The van der Waals surface area contributed by atoms with Crippen molar-refractivity contribution in [2.75, 3.05) is 12.4 Å². The first-order chi connectivity index (χ1) is 18.9. The van der Waals surface area contributed by atoms with Crippen LogP contribution in [-0.2, 0) is 6.42 Å². The molecule has 0 saturated carbocycles. The van der Waals surface area contributed by atoms with Crippen LogP contribution in [0, 0.1) is 12.7 Å². The number of anilines is 1. The number of aryl methyl sites for hydroxylation is 2. The topological polar surface area (TPSA) is 106 Å². The van der Waals surface area contributed by atoms with Gasteiger partial charge in [-0.25, -0.2) is 9.37 Å². The Kier molecular flexibility index (Phi) is 7.05. The molecular formula is C30H25FN4O4. The number of ether oxygens (including phenoxy) is 2. The lowest BCUT2D eigenvalue weighted by Gasteiger charge is -2.14. The molecule has 1 amide bonds. The summed E-state index contributed by atoms with van der Waals surface area (Å²) < 4.78 is 24.7. The lowest BCUT2D eigenvalue weighted by molar-refractivity contribution is 0.102. The van der Waals surface area contributed by atoms with Crippen molar-refractivity contribution in [1.82, 2.24) is 15.0 Å². The predicted molar refractivity (Wildman–Crippen MR) is 147 cm³/mol. The Hall–Kier alpha value is -5.05. The molecule has 0 aliphatic rings. The lowest BCUT2D eigenvalue weighted by atomic mass is 9.98. The van der Waals surface area contributed by atoms with Crippen molar-refractivity contribution in [2.45, 2.75) is 20.3 Å². The van der Waals surface area contributed by atoms with Crippen molar-refractivity contribution in [3.63, 3.8) is 0 Å². The summed E-state index contributed by atoms with van der Waals surface area (Å²) in [5.41, 5.74) is 3.29. The second-order valence-electron chi connectivity index (χ2n) is 8.78. The number of carbonyl (C=O) groups excluding carboxylic acids is 1. The van der Waals surface area contributed by atoms with Gasteiger partial charge in [-0.15, -0.1) is 0 Å². The second kappa shape index (κ2) is 10.7. The van der Waals surface area contributed by atoms with E-state index in [0.29, 0.717) is 63.0 Å². The second-order valence-corrected chi connectivity index (χ2v) is 8.78. The van der Waals surface area contributed by atoms with E-state index < -0.39 is 17.2 Å². The fourth-order valence-corrected chi connectivity index (χ4v) is 4.36. The van der Waals surface area contributed by atoms with Gasteiger partial charge in [0.1, 0.15) is 22.6 Å². The zero-order valence-corrected chi connectivity index (χ0v) is 21.5. The number of pyridine rings is 3. The molecule has 8 nitrogen and oxygen atoms in total. The third kappa shape index (κ3) is 5.19.